The summed E-state index contributed by atoms with van der Waals surface area (Å²) in [6.07, 6.45) is 1.02. The Labute approximate surface area is 122 Å². The van der Waals surface area contributed by atoms with Crippen molar-refractivity contribution < 1.29 is 9.90 Å². The van der Waals surface area contributed by atoms with Crippen LogP contribution in [0.1, 0.15) is 24.9 Å². The van der Waals surface area contributed by atoms with Gasteiger partial charge in [0.1, 0.15) is 6.04 Å². The summed E-state index contributed by atoms with van der Waals surface area (Å²) in [6, 6.07) is 3.04. The number of hydrogen-bond donors (Lipinski definition) is 3. The minimum Gasteiger partial charge on any atom is -0.394 e. The van der Waals surface area contributed by atoms with E-state index in [2.05, 4.69) is 17.1 Å². The molecule has 1 amide bonds. The summed E-state index contributed by atoms with van der Waals surface area (Å²) in [5.74, 6) is 0.211. The molecule has 4 N–H and O–H groups in total. The van der Waals surface area contributed by atoms with Crippen LogP contribution in [-0.4, -0.2) is 30.2 Å². The van der Waals surface area contributed by atoms with E-state index in [0.717, 1.165) is 29.9 Å². The molecule has 0 aliphatic carbocycles. The number of benzene rings is 1. The standard InChI is InChI=1S/C14H18ClN3O2/c1-7-2-3-18(12(7)6-19)11-5-10-8(4-9(11)15)13(16)14(20)17-10/h4-5,7,12-13,19H,2-3,6,16H2,1H3,(H,17,20). The summed E-state index contributed by atoms with van der Waals surface area (Å²) in [5, 5.41) is 12.9. The summed E-state index contributed by atoms with van der Waals surface area (Å²) in [4.78, 5) is 13.7. The van der Waals surface area contributed by atoms with Crippen LogP contribution in [0.5, 0.6) is 0 Å². The Hall–Kier alpha value is -1.30. The topological polar surface area (TPSA) is 78.6 Å². The van der Waals surface area contributed by atoms with Gasteiger partial charge in [-0.25, -0.2) is 0 Å². The average molecular weight is 296 g/mol. The fourth-order valence-corrected chi connectivity index (χ4v) is 3.38. The normalized spacial score (nSPS) is 28.7. The summed E-state index contributed by atoms with van der Waals surface area (Å²) < 4.78 is 0. The Morgan fingerprint density at radius 3 is 3.00 bits per heavy atom. The van der Waals surface area contributed by atoms with E-state index in [1.165, 1.54) is 0 Å². The molecule has 0 bridgehead atoms. The highest BCUT2D eigenvalue weighted by Crippen LogP contribution is 2.41. The molecule has 1 aromatic carbocycles. The van der Waals surface area contributed by atoms with Crippen molar-refractivity contribution in [3.05, 3.63) is 22.7 Å². The molecule has 0 spiro atoms. The van der Waals surface area contributed by atoms with Gasteiger partial charge in [0.25, 0.3) is 0 Å². The van der Waals surface area contributed by atoms with Crippen LogP contribution in [0, 0.1) is 5.92 Å². The number of fused-ring (bicyclic) bond motifs is 1. The van der Waals surface area contributed by atoms with Crippen LogP contribution in [0.15, 0.2) is 12.1 Å². The number of aliphatic hydroxyl groups excluding tert-OH is 1. The first kappa shape index (κ1) is 13.7. The molecule has 0 saturated carbocycles. The fraction of sp³-hybridized carbons (Fsp3) is 0.500. The quantitative estimate of drug-likeness (QED) is 0.772. The van der Waals surface area contributed by atoms with E-state index in [1.54, 1.807) is 6.07 Å². The highest BCUT2D eigenvalue weighted by molar-refractivity contribution is 6.33. The fourth-order valence-electron chi connectivity index (χ4n) is 3.10. The number of nitrogens with zero attached hydrogens (tertiary/aromatic N) is 1. The minimum absolute atomic E-state index is 0.0660. The third kappa shape index (κ3) is 1.97. The van der Waals surface area contributed by atoms with Crippen LogP contribution in [-0.2, 0) is 4.79 Å². The van der Waals surface area contributed by atoms with Crippen molar-refractivity contribution in [2.45, 2.75) is 25.4 Å². The monoisotopic (exact) mass is 295 g/mol. The first-order chi connectivity index (χ1) is 9.52. The zero-order chi connectivity index (χ0) is 14.4. The molecule has 108 valence electrons. The maximum absolute atomic E-state index is 11.6. The maximum Gasteiger partial charge on any atom is 0.245 e. The molecule has 3 atom stereocenters. The van der Waals surface area contributed by atoms with Crippen LogP contribution in [0.4, 0.5) is 11.4 Å². The van der Waals surface area contributed by atoms with Crippen molar-refractivity contribution in [3.63, 3.8) is 0 Å². The second-order valence-corrected chi connectivity index (χ2v) is 5.97. The predicted octanol–water partition coefficient (Wildman–Crippen LogP) is 1.50. The molecule has 6 heteroatoms. The number of hydrogen-bond acceptors (Lipinski definition) is 4. The average Bonchev–Trinajstić information content (AvgIpc) is 2.91. The summed E-state index contributed by atoms with van der Waals surface area (Å²) in [5.41, 5.74) is 8.12. The number of amides is 1. The van der Waals surface area contributed by atoms with Gasteiger partial charge >= 0.3 is 0 Å². The molecule has 0 radical (unpaired) electrons. The van der Waals surface area contributed by atoms with Gasteiger partial charge in [0.15, 0.2) is 0 Å². The molecule has 2 aliphatic rings. The lowest BCUT2D eigenvalue weighted by Crippen LogP contribution is -2.35. The van der Waals surface area contributed by atoms with Gasteiger partial charge in [0.2, 0.25) is 5.91 Å². The van der Waals surface area contributed by atoms with E-state index < -0.39 is 6.04 Å². The van der Waals surface area contributed by atoms with Gasteiger partial charge in [-0.15, -0.1) is 0 Å². The van der Waals surface area contributed by atoms with Gasteiger partial charge in [-0.3, -0.25) is 4.79 Å². The number of carbonyl (C=O) groups is 1. The number of aliphatic hydroxyl groups is 1. The van der Waals surface area contributed by atoms with E-state index in [4.69, 9.17) is 17.3 Å². The van der Waals surface area contributed by atoms with E-state index in [1.807, 2.05) is 6.07 Å². The Morgan fingerprint density at radius 2 is 2.30 bits per heavy atom. The number of halogens is 1. The second kappa shape index (κ2) is 4.91. The molecule has 2 aliphatic heterocycles. The molecule has 1 fully saturated rings. The molecular formula is C14H18ClN3O2. The van der Waals surface area contributed by atoms with Gasteiger partial charge in [0.05, 0.1) is 23.4 Å². The smallest absolute Gasteiger partial charge is 0.245 e. The number of rotatable bonds is 2. The Kier molecular flexibility index (Phi) is 3.36. The molecule has 20 heavy (non-hydrogen) atoms. The van der Waals surface area contributed by atoms with Gasteiger partial charge in [-0.1, -0.05) is 18.5 Å². The van der Waals surface area contributed by atoms with Crippen molar-refractivity contribution in [3.8, 4) is 0 Å². The molecule has 1 aromatic rings. The number of nitrogens with two attached hydrogens (primary N) is 1. The third-order valence-corrected chi connectivity index (χ3v) is 4.68. The largest absolute Gasteiger partial charge is 0.394 e. The van der Waals surface area contributed by atoms with Crippen molar-refractivity contribution in [2.75, 3.05) is 23.4 Å². The van der Waals surface area contributed by atoms with E-state index in [-0.39, 0.29) is 18.6 Å². The Morgan fingerprint density at radius 1 is 1.55 bits per heavy atom. The Bertz CT molecular complexity index is 564. The highest BCUT2D eigenvalue weighted by Gasteiger charge is 2.34. The van der Waals surface area contributed by atoms with Gasteiger partial charge in [-0.2, -0.15) is 0 Å². The minimum atomic E-state index is -0.650. The number of nitrogens with one attached hydrogen (secondary N) is 1. The van der Waals surface area contributed by atoms with E-state index in [0.29, 0.717) is 10.9 Å². The number of carbonyl (C=O) groups excluding carboxylic acids is 1. The van der Waals surface area contributed by atoms with Crippen molar-refractivity contribution >= 4 is 28.9 Å². The zero-order valence-electron chi connectivity index (χ0n) is 11.3. The van der Waals surface area contributed by atoms with Crippen molar-refractivity contribution in [1.29, 1.82) is 0 Å². The summed E-state index contributed by atoms with van der Waals surface area (Å²) in [7, 11) is 0. The number of anilines is 2. The van der Waals surface area contributed by atoms with Crippen LogP contribution < -0.4 is 16.0 Å². The lowest BCUT2D eigenvalue weighted by Gasteiger charge is -2.28. The molecule has 2 heterocycles. The first-order valence-electron chi connectivity index (χ1n) is 6.80. The second-order valence-electron chi connectivity index (χ2n) is 5.57. The third-order valence-electron chi connectivity index (χ3n) is 4.37. The van der Waals surface area contributed by atoms with Crippen LogP contribution in [0.25, 0.3) is 0 Å². The van der Waals surface area contributed by atoms with Crippen LogP contribution >= 0.6 is 11.6 Å². The lowest BCUT2D eigenvalue weighted by molar-refractivity contribution is -0.116. The van der Waals surface area contributed by atoms with E-state index >= 15 is 0 Å². The molecular weight excluding hydrogens is 278 g/mol. The Balaban J connectivity index is 2.00. The molecule has 0 aromatic heterocycles. The van der Waals surface area contributed by atoms with E-state index in [9.17, 15) is 9.90 Å². The SMILES string of the molecule is CC1CCN(c2cc3c(cc2Cl)C(N)C(=O)N3)C1CO. The lowest BCUT2D eigenvalue weighted by atomic mass is 10.0. The first-order valence-corrected chi connectivity index (χ1v) is 7.18. The molecule has 1 saturated heterocycles. The van der Waals surface area contributed by atoms with Gasteiger partial charge in [0, 0.05) is 17.8 Å². The van der Waals surface area contributed by atoms with Crippen LogP contribution in [0.2, 0.25) is 5.02 Å². The molecule has 3 rings (SSSR count). The summed E-state index contributed by atoms with van der Waals surface area (Å²) in [6.45, 7) is 3.07. The van der Waals surface area contributed by atoms with Gasteiger partial charge < -0.3 is 21.1 Å². The van der Waals surface area contributed by atoms with Gasteiger partial charge in [-0.05, 0) is 24.5 Å². The molecule has 3 unspecified atom stereocenters. The maximum atomic E-state index is 11.6. The van der Waals surface area contributed by atoms with Crippen molar-refractivity contribution in [2.24, 2.45) is 11.7 Å². The highest BCUT2D eigenvalue weighted by atomic mass is 35.5. The molecule has 5 nitrogen and oxygen atoms in total. The summed E-state index contributed by atoms with van der Waals surface area (Å²) >= 11 is 6.35. The van der Waals surface area contributed by atoms with Crippen molar-refractivity contribution in [1.82, 2.24) is 0 Å². The van der Waals surface area contributed by atoms with Crippen LogP contribution in [0.3, 0.4) is 0 Å². The zero-order valence-corrected chi connectivity index (χ0v) is 12.0. The predicted molar refractivity (Wildman–Crippen MR) is 79.0 cm³/mol.